The minimum Gasteiger partial charge on any atom is -0.328 e. The van der Waals surface area contributed by atoms with E-state index >= 15 is 0 Å². The third-order valence-electron chi connectivity index (χ3n) is 0.644. The second-order valence-electron chi connectivity index (χ2n) is 1.39. The smallest absolute Gasteiger partial charge is 0.000781 e. The molecular formula is C4H14NP. The molecule has 2 heteroatoms. The highest BCUT2D eigenvalue weighted by molar-refractivity contribution is 6.92. The molecule has 0 spiro atoms. The van der Waals surface area contributed by atoms with Crippen molar-refractivity contribution in [3.63, 3.8) is 0 Å². The van der Waals surface area contributed by atoms with Crippen molar-refractivity contribution in [1.29, 1.82) is 0 Å². The molecule has 0 amide bonds. The lowest BCUT2D eigenvalue weighted by molar-refractivity contribution is 0.715. The lowest BCUT2D eigenvalue weighted by atomic mass is 10.3. The van der Waals surface area contributed by atoms with Gasteiger partial charge in [0.1, 0.15) is 0 Å². The topological polar surface area (TPSA) is 26.0 Å². The Morgan fingerprint density at radius 1 is 1.67 bits per heavy atom. The Labute approximate surface area is 42.9 Å². The van der Waals surface area contributed by atoms with Crippen molar-refractivity contribution in [1.82, 2.24) is 0 Å². The van der Waals surface area contributed by atoms with E-state index in [-0.39, 0.29) is 9.90 Å². The van der Waals surface area contributed by atoms with Gasteiger partial charge in [-0.2, -0.15) is 9.90 Å². The molecule has 2 unspecified atom stereocenters. The molecule has 6 heavy (non-hydrogen) atoms. The van der Waals surface area contributed by atoms with Crippen LogP contribution in [0.1, 0.15) is 20.3 Å². The van der Waals surface area contributed by atoms with Gasteiger partial charge >= 0.3 is 0 Å². The summed E-state index contributed by atoms with van der Waals surface area (Å²) < 4.78 is 0. The van der Waals surface area contributed by atoms with Gasteiger partial charge in [-0.15, -0.1) is 0 Å². The van der Waals surface area contributed by atoms with Gasteiger partial charge in [-0.1, -0.05) is 6.92 Å². The van der Waals surface area contributed by atoms with Gasteiger partial charge < -0.3 is 5.73 Å². The molecule has 40 valence electrons. The minimum atomic E-state index is 0. The number of hydrogen-bond donors (Lipinski definition) is 1. The van der Waals surface area contributed by atoms with Gasteiger partial charge in [-0.05, 0) is 13.3 Å². The molecule has 0 bridgehead atoms. The molecule has 0 aromatic heterocycles. The van der Waals surface area contributed by atoms with Crippen molar-refractivity contribution < 1.29 is 0 Å². The standard InChI is InChI=1S/C4H11N.H3P/c1-3-4(2)5;/h4H,3,5H2,1-2H3;1H3. The van der Waals surface area contributed by atoms with Crippen LogP contribution in [0.3, 0.4) is 0 Å². The summed E-state index contributed by atoms with van der Waals surface area (Å²) in [5, 5.41) is 0. The van der Waals surface area contributed by atoms with E-state index in [4.69, 9.17) is 5.73 Å². The van der Waals surface area contributed by atoms with Crippen molar-refractivity contribution >= 4 is 9.90 Å². The summed E-state index contributed by atoms with van der Waals surface area (Å²) in [5.41, 5.74) is 5.29. The van der Waals surface area contributed by atoms with Crippen molar-refractivity contribution in [3.8, 4) is 0 Å². The highest BCUT2D eigenvalue weighted by atomic mass is 31.0. The summed E-state index contributed by atoms with van der Waals surface area (Å²) in [4.78, 5) is 0. The van der Waals surface area contributed by atoms with Crippen molar-refractivity contribution in [2.45, 2.75) is 26.3 Å². The van der Waals surface area contributed by atoms with E-state index in [9.17, 15) is 0 Å². The number of hydrogen-bond acceptors (Lipinski definition) is 1. The van der Waals surface area contributed by atoms with Gasteiger partial charge in [-0.3, -0.25) is 0 Å². The Bertz CT molecular complexity index is 21.5. The maximum absolute atomic E-state index is 5.29. The minimum absolute atomic E-state index is 0. The van der Waals surface area contributed by atoms with Crippen LogP contribution in [0.4, 0.5) is 0 Å². The first-order valence-corrected chi connectivity index (χ1v) is 2.03. The molecular weight excluding hydrogens is 93.0 g/mol. The van der Waals surface area contributed by atoms with Crippen LogP contribution in [-0.4, -0.2) is 6.04 Å². The van der Waals surface area contributed by atoms with E-state index in [0.29, 0.717) is 6.04 Å². The molecule has 0 aliphatic carbocycles. The van der Waals surface area contributed by atoms with E-state index in [2.05, 4.69) is 6.92 Å². The number of nitrogens with two attached hydrogens (primary N) is 1. The van der Waals surface area contributed by atoms with Crippen LogP contribution in [0.2, 0.25) is 0 Å². The van der Waals surface area contributed by atoms with Gasteiger partial charge in [0, 0.05) is 6.04 Å². The summed E-state index contributed by atoms with van der Waals surface area (Å²) in [7, 11) is 0. The summed E-state index contributed by atoms with van der Waals surface area (Å²) >= 11 is 0. The van der Waals surface area contributed by atoms with Crippen LogP contribution >= 0.6 is 9.90 Å². The summed E-state index contributed by atoms with van der Waals surface area (Å²) in [6.45, 7) is 4.07. The van der Waals surface area contributed by atoms with Crippen LogP contribution in [-0.2, 0) is 0 Å². The lowest BCUT2D eigenvalue weighted by Crippen LogP contribution is -2.11. The summed E-state index contributed by atoms with van der Waals surface area (Å²) in [5.74, 6) is 0. The first kappa shape index (κ1) is 9.63. The quantitative estimate of drug-likeness (QED) is 0.493. The molecule has 0 heterocycles. The van der Waals surface area contributed by atoms with Crippen LogP contribution in [0.5, 0.6) is 0 Å². The van der Waals surface area contributed by atoms with Gasteiger partial charge in [0.2, 0.25) is 0 Å². The monoisotopic (exact) mass is 107 g/mol. The van der Waals surface area contributed by atoms with E-state index in [1.807, 2.05) is 6.92 Å². The molecule has 0 saturated heterocycles. The molecule has 1 nitrogen and oxygen atoms in total. The van der Waals surface area contributed by atoms with Crippen molar-refractivity contribution in [2.75, 3.05) is 0 Å². The molecule has 0 fully saturated rings. The maximum atomic E-state index is 5.29. The first-order chi connectivity index (χ1) is 2.27. The molecule has 2 N–H and O–H groups in total. The van der Waals surface area contributed by atoms with Crippen molar-refractivity contribution in [3.05, 3.63) is 0 Å². The highest BCUT2D eigenvalue weighted by Gasteiger charge is 1.79. The lowest BCUT2D eigenvalue weighted by Gasteiger charge is -1.91. The summed E-state index contributed by atoms with van der Waals surface area (Å²) in [6.07, 6.45) is 1.08. The Hall–Kier alpha value is 0.390. The largest absolute Gasteiger partial charge is 0.328 e. The van der Waals surface area contributed by atoms with Crippen LogP contribution < -0.4 is 5.73 Å². The van der Waals surface area contributed by atoms with Gasteiger partial charge in [0.15, 0.2) is 0 Å². The molecule has 0 aliphatic rings. The predicted octanol–water partition coefficient (Wildman–Crippen LogP) is 0.802. The van der Waals surface area contributed by atoms with Gasteiger partial charge in [0.25, 0.3) is 0 Å². The Morgan fingerprint density at radius 2 is 1.83 bits per heavy atom. The molecule has 0 aliphatic heterocycles. The zero-order valence-electron chi connectivity index (χ0n) is 4.57. The van der Waals surface area contributed by atoms with Crippen molar-refractivity contribution in [2.24, 2.45) is 5.73 Å². The SMILES string of the molecule is CCC(C)N.P. The van der Waals surface area contributed by atoms with Gasteiger partial charge in [-0.25, -0.2) is 0 Å². The van der Waals surface area contributed by atoms with E-state index < -0.39 is 0 Å². The normalized spacial score (nSPS) is 12.5. The third-order valence-corrected chi connectivity index (χ3v) is 0.644. The fraction of sp³-hybridized carbons (Fsp3) is 1.00. The van der Waals surface area contributed by atoms with Crippen LogP contribution in [0.15, 0.2) is 0 Å². The molecule has 0 rings (SSSR count). The fourth-order valence-electron chi connectivity index (χ4n) is 0. The maximum Gasteiger partial charge on any atom is 0.000781 e. The second-order valence-corrected chi connectivity index (χ2v) is 1.39. The molecule has 0 aromatic rings. The van der Waals surface area contributed by atoms with Crippen LogP contribution in [0, 0.1) is 0 Å². The fourth-order valence-corrected chi connectivity index (χ4v) is 0. The van der Waals surface area contributed by atoms with Crippen LogP contribution in [0.25, 0.3) is 0 Å². The second kappa shape index (κ2) is 5.39. The molecule has 0 radical (unpaired) electrons. The van der Waals surface area contributed by atoms with E-state index in [0.717, 1.165) is 6.42 Å². The average Bonchev–Trinajstić information content (AvgIpc) is 1.38. The molecule has 0 aromatic carbocycles. The Morgan fingerprint density at radius 3 is 1.83 bits per heavy atom. The molecule has 2 atom stereocenters. The highest BCUT2D eigenvalue weighted by Crippen LogP contribution is 1.77. The number of rotatable bonds is 1. The van der Waals surface area contributed by atoms with Gasteiger partial charge in [0.05, 0.1) is 0 Å². The summed E-state index contributed by atoms with van der Waals surface area (Å²) in [6, 6.07) is 0.384. The zero-order chi connectivity index (χ0) is 4.28. The first-order valence-electron chi connectivity index (χ1n) is 2.03. The predicted molar refractivity (Wildman–Crippen MR) is 35.0 cm³/mol. The van der Waals surface area contributed by atoms with E-state index in [1.165, 1.54) is 0 Å². The molecule has 0 saturated carbocycles. The Kier molecular flexibility index (Phi) is 8.65. The average molecular weight is 107 g/mol. The zero-order valence-corrected chi connectivity index (χ0v) is 5.98. The third kappa shape index (κ3) is 8.83. The Balaban J connectivity index is 0. The van der Waals surface area contributed by atoms with E-state index in [1.54, 1.807) is 0 Å².